The van der Waals surface area contributed by atoms with Crippen molar-refractivity contribution in [3.05, 3.63) is 44.6 Å². The second kappa shape index (κ2) is 5.96. The maximum atomic E-state index is 6.55. The first-order chi connectivity index (χ1) is 9.63. The lowest BCUT2D eigenvalue weighted by molar-refractivity contribution is 0.228. The molecule has 0 fully saturated rings. The van der Waals surface area contributed by atoms with Gasteiger partial charge in [-0.2, -0.15) is 0 Å². The SMILES string of the molecule is CC1COc2ccc(C(Cl)c3csc(Br)c3)cc2OC1. The van der Waals surface area contributed by atoms with Crippen LogP contribution in [0, 0.1) is 5.92 Å². The highest BCUT2D eigenvalue weighted by molar-refractivity contribution is 9.11. The largest absolute Gasteiger partial charge is 0.489 e. The first-order valence-electron chi connectivity index (χ1n) is 6.41. The molecule has 2 unspecified atom stereocenters. The molecule has 0 saturated heterocycles. The summed E-state index contributed by atoms with van der Waals surface area (Å²) in [5.74, 6) is 1.98. The highest BCUT2D eigenvalue weighted by atomic mass is 79.9. The van der Waals surface area contributed by atoms with Gasteiger partial charge in [0.15, 0.2) is 11.5 Å². The van der Waals surface area contributed by atoms with Gasteiger partial charge in [-0.1, -0.05) is 13.0 Å². The molecule has 0 saturated carbocycles. The van der Waals surface area contributed by atoms with Crippen LogP contribution in [0.1, 0.15) is 23.4 Å². The Morgan fingerprint density at radius 3 is 2.65 bits per heavy atom. The minimum Gasteiger partial charge on any atom is -0.489 e. The van der Waals surface area contributed by atoms with Crippen LogP contribution in [-0.4, -0.2) is 13.2 Å². The molecular formula is C15H14BrClO2S. The molecule has 5 heteroatoms. The van der Waals surface area contributed by atoms with Crippen LogP contribution in [0.4, 0.5) is 0 Å². The number of benzene rings is 1. The van der Waals surface area contributed by atoms with Gasteiger partial charge in [-0.25, -0.2) is 0 Å². The van der Waals surface area contributed by atoms with Gasteiger partial charge in [-0.05, 0) is 50.6 Å². The van der Waals surface area contributed by atoms with Crippen molar-refractivity contribution in [3.63, 3.8) is 0 Å². The summed E-state index contributed by atoms with van der Waals surface area (Å²) in [6.45, 7) is 3.47. The van der Waals surface area contributed by atoms with E-state index in [0.29, 0.717) is 19.1 Å². The minimum atomic E-state index is -0.174. The van der Waals surface area contributed by atoms with Crippen molar-refractivity contribution in [1.82, 2.24) is 0 Å². The van der Waals surface area contributed by atoms with Crippen molar-refractivity contribution in [3.8, 4) is 11.5 Å². The molecule has 1 aliphatic rings. The maximum Gasteiger partial charge on any atom is 0.161 e. The average Bonchev–Trinajstić information content (AvgIpc) is 2.80. The molecule has 0 aliphatic carbocycles. The van der Waals surface area contributed by atoms with Gasteiger partial charge in [0.25, 0.3) is 0 Å². The summed E-state index contributed by atoms with van der Waals surface area (Å²) in [7, 11) is 0. The van der Waals surface area contributed by atoms with E-state index in [9.17, 15) is 0 Å². The first-order valence-corrected chi connectivity index (χ1v) is 8.52. The van der Waals surface area contributed by atoms with Crippen molar-refractivity contribution in [2.24, 2.45) is 5.92 Å². The molecule has 1 aromatic heterocycles. The molecule has 20 heavy (non-hydrogen) atoms. The molecule has 106 valence electrons. The average molecular weight is 374 g/mol. The smallest absolute Gasteiger partial charge is 0.161 e. The summed E-state index contributed by atoms with van der Waals surface area (Å²) in [5, 5.41) is 1.89. The Morgan fingerprint density at radius 1 is 1.20 bits per heavy atom. The van der Waals surface area contributed by atoms with Crippen molar-refractivity contribution < 1.29 is 9.47 Å². The van der Waals surface area contributed by atoms with E-state index in [0.717, 1.165) is 26.4 Å². The maximum absolute atomic E-state index is 6.55. The predicted molar refractivity (Wildman–Crippen MR) is 86.3 cm³/mol. The Hall–Kier alpha value is -0.710. The van der Waals surface area contributed by atoms with Gasteiger partial charge in [0.05, 0.1) is 22.4 Å². The van der Waals surface area contributed by atoms with Crippen molar-refractivity contribution in [2.45, 2.75) is 12.3 Å². The van der Waals surface area contributed by atoms with Gasteiger partial charge in [0, 0.05) is 5.92 Å². The number of fused-ring (bicyclic) bond motifs is 1. The van der Waals surface area contributed by atoms with E-state index in [2.05, 4.69) is 28.2 Å². The topological polar surface area (TPSA) is 18.5 Å². The zero-order chi connectivity index (χ0) is 14.1. The lowest BCUT2D eigenvalue weighted by Gasteiger charge is -2.12. The fraction of sp³-hybridized carbons (Fsp3) is 0.333. The number of rotatable bonds is 2. The molecule has 2 aromatic rings. The fourth-order valence-corrected chi connectivity index (χ4v) is 3.61. The highest BCUT2D eigenvalue weighted by Crippen LogP contribution is 2.38. The van der Waals surface area contributed by atoms with Crippen LogP contribution in [0.15, 0.2) is 33.4 Å². The fourth-order valence-electron chi connectivity index (χ4n) is 2.08. The summed E-state index contributed by atoms with van der Waals surface area (Å²) < 4.78 is 12.6. The Kier molecular flexibility index (Phi) is 4.24. The number of halogens is 2. The van der Waals surface area contributed by atoms with Crippen LogP contribution in [0.2, 0.25) is 0 Å². The highest BCUT2D eigenvalue weighted by Gasteiger charge is 2.19. The zero-order valence-corrected chi connectivity index (χ0v) is 14.1. The van der Waals surface area contributed by atoms with Gasteiger partial charge < -0.3 is 9.47 Å². The number of ether oxygens (including phenoxy) is 2. The first kappa shape index (κ1) is 14.2. The van der Waals surface area contributed by atoms with Crippen LogP contribution in [-0.2, 0) is 0 Å². The van der Waals surface area contributed by atoms with Crippen LogP contribution < -0.4 is 9.47 Å². The van der Waals surface area contributed by atoms with E-state index >= 15 is 0 Å². The zero-order valence-electron chi connectivity index (χ0n) is 10.9. The van der Waals surface area contributed by atoms with Crippen molar-refractivity contribution in [1.29, 1.82) is 0 Å². The van der Waals surface area contributed by atoms with Crippen LogP contribution >= 0.6 is 38.9 Å². The molecule has 2 nitrogen and oxygen atoms in total. The summed E-state index contributed by atoms with van der Waals surface area (Å²) >= 11 is 11.6. The Morgan fingerprint density at radius 2 is 1.95 bits per heavy atom. The van der Waals surface area contributed by atoms with E-state index in [1.807, 2.05) is 24.3 Å². The summed E-state index contributed by atoms with van der Waals surface area (Å²) in [4.78, 5) is 0. The number of hydrogen-bond acceptors (Lipinski definition) is 3. The molecule has 1 aromatic carbocycles. The summed E-state index contributed by atoms with van der Waals surface area (Å²) in [6, 6.07) is 7.98. The van der Waals surface area contributed by atoms with Gasteiger partial charge >= 0.3 is 0 Å². The lowest BCUT2D eigenvalue weighted by atomic mass is 10.1. The predicted octanol–water partition coefficient (Wildman–Crippen LogP) is 5.25. The molecule has 2 heterocycles. The van der Waals surface area contributed by atoms with Gasteiger partial charge in [-0.15, -0.1) is 22.9 Å². The van der Waals surface area contributed by atoms with Gasteiger partial charge in [-0.3, -0.25) is 0 Å². The van der Waals surface area contributed by atoms with Crippen molar-refractivity contribution in [2.75, 3.05) is 13.2 Å². The van der Waals surface area contributed by atoms with E-state index in [1.54, 1.807) is 11.3 Å². The van der Waals surface area contributed by atoms with E-state index in [-0.39, 0.29) is 5.38 Å². The molecule has 0 N–H and O–H groups in total. The van der Waals surface area contributed by atoms with Crippen LogP contribution in [0.25, 0.3) is 0 Å². The van der Waals surface area contributed by atoms with Gasteiger partial charge in [0.2, 0.25) is 0 Å². The van der Waals surface area contributed by atoms with Crippen LogP contribution in [0.3, 0.4) is 0 Å². The summed E-state index contributed by atoms with van der Waals surface area (Å²) in [5.41, 5.74) is 2.11. The molecule has 0 amide bonds. The Labute approximate surface area is 135 Å². The molecule has 0 bridgehead atoms. The normalized spacial score (nSPS) is 19.4. The second-order valence-corrected chi connectivity index (χ2v) is 7.71. The van der Waals surface area contributed by atoms with Crippen LogP contribution in [0.5, 0.6) is 11.5 Å². The van der Waals surface area contributed by atoms with Gasteiger partial charge in [0.1, 0.15) is 0 Å². The summed E-state index contributed by atoms with van der Waals surface area (Å²) in [6.07, 6.45) is 0. The van der Waals surface area contributed by atoms with E-state index < -0.39 is 0 Å². The lowest BCUT2D eigenvalue weighted by Crippen LogP contribution is -2.12. The molecule has 0 spiro atoms. The second-order valence-electron chi connectivity index (χ2n) is 4.98. The number of alkyl halides is 1. The Balaban J connectivity index is 1.88. The van der Waals surface area contributed by atoms with E-state index in [4.69, 9.17) is 21.1 Å². The minimum absolute atomic E-state index is 0.174. The number of thiophene rings is 1. The number of hydrogen-bond donors (Lipinski definition) is 0. The third kappa shape index (κ3) is 2.97. The molecule has 2 atom stereocenters. The third-order valence-corrected chi connectivity index (χ3v) is 5.21. The monoisotopic (exact) mass is 372 g/mol. The standard InChI is InChI=1S/C15H14BrClO2S/c1-9-6-18-12-3-2-10(4-13(12)19-7-9)15(17)11-5-14(16)20-8-11/h2-5,8-9,15H,6-7H2,1H3. The molecular weight excluding hydrogens is 360 g/mol. The van der Waals surface area contributed by atoms with E-state index in [1.165, 1.54) is 0 Å². The Bertz CT molecular complexity index is 614. The molecule has 3 rings (SSSR count). The molecule has 0 radical (unpaired) electrons. The quantitative estimate of drug-likeness (QED) is 0.670. The molecule has 1 aliphatic heterocycles. The third-order valence-electron chi connectivity index (χ3n) is 3.19. The van der Waals surface area contributed by atoms with Crippen molar-refractivity contribution >= 4 is 38.9 Å².